The van der Waals surface area contributed by atoms with Gasteiger partial charge >= 0.3 is 5.97 Å². The number of piperidine rings is 1. The number of carboxylic acid groups (broad SMARTS) is 1. The molecular formula is C31H30ClFN4O5. The third kappa shape index (κ3) is 5.19. The maximum Gasteiger partial charge on any atom is 0.354 e. The number of aromatic nitrogens is 3. The van der Waals surface area contributed by atoms with Gasteiger partial charge in [-0.2, -0.15) is 0 Å². The van der Waals surface area contributed by atoms with Crippen molar-refractivity contribution in [1.82, 2.24) is 19.4 Å². The number of hydrogen-bond donors (Lipinski definition) is 1. The summed E-state index contributed by atoms with van der Waals surface area (Å²) in [5, 5.41) is 9.81. The zero-order valence-corrected chi connectivity index (χ0v) is 23.6. The Morgan fingerprint density at radius 1 is 1.07 bits per heavy atom. The molecule has 0 radical (unpaired) electrons. The Bertz CT molecular complexity index is 1650. The molecular weight excluding hydrogens is 563 g/mol. The van der Waals surface area contributed by atoms with Gasteiger partial charge in [-0.1, -0.05) is 29.8 Å². The average Bonchev–Trinajstić information content (AvgIpc) is 3.30. The normalized spacial score (nSPS) is 20.9. The van der Waals surface area contributed by atoms with Gasteiger partial charge in [0.1, 0.15) is 23.8 Å². The Morgan fingerprint density at radius 2 is 1.90 bits per heavy atom. The van der Waals surface area contributed by atoms with Crippen molar-refractivity contribution in [3.05, 3.63) is 82.0 Å². The summed E-state index contributed by atoms with van der Waals surface area (Å²) in [6, 6.07) is 13.8. The molecule has 5 heterocycles. The monoisotopic (exact) mass is 592 g/mol. The number of carboxylic acids is 1. The van der Waals surface area contributed by atoms with Crippen LogP contribution in [0.25, 0.3) is 11.2 Å². The van der Waals surface area contributed by atoms with Crippen LogP contribution in [0.4, 0.5) is 4.39 Å². The molecule has 0 amide bonds. The van der Waals surface area contributed by atoms with Crippen molar-refractivity contribution in [2.24, 2.45) is 0 Å². The lowest BCUT2D eigenvalue weighted by Crippen LogP contribution is -2.35. The standard InChI is InChI=1S/C31H30ClFN4O5/c32-19-4-5-22(23(33)14-19)27-17-41-26-3-1-2-21(29(26)42-27)18-8-11-36(12-9-18)16-28-34-24-6-7-25(31(38)39)35-30(24)37(28)15-20-10-13-40-20/h1-7,14,18,20,27H,8-13,15-17H2,(H,38,39)/t20?,27-/m0/s1. The Morgan fingerprint density at radius 3 is 2.64 bits per heavy atom. The highest BCUT2D eigenvalue weighted by molar-refractivity contribution is 6.30. The first kappa shape index (κ1) is 27.1. The predicted octanol–water partition coefficient (Wildman–Crippen LogP) is 5.60. The van der Waals surface area contributed by atoms with Gasteiger partial charge in [0, 0.05) is 22.8 Å². The molecule has 7 rings (SSSR count). The second kappa shape index (κ2) is 11.2. The number of likely N-dealkylation sites (tertiary alicyclic amines) is 1. The zero-order chi connectivity index (χ0) is 28.8. The number of carbonyl (C=O) groups is 1. The number of rotatable bonds is 7. The molecule has 4 aromatic rings. The highest BCUT2D eigenvalue weighted by Gasteiger charge is 2.31. The molecule has 0 saturated carbocycles. The molecule has 2 saturated heterocycles. The lowest BCUT2D eigenvalue weighted by molar-refractivity contribution is -0.0593. The van der Waals surface area contributed by atoms with Gasteiger partial charge in [-0.25, -0.2) is 19.2 Å². The van der Waals surface area contributed by atoms with E-state index < -0.39 is 17.9 Å². The largest absolute Gasteiger partial charge is 0.485 e. The minimum Gasteiger partial charge on any atom is -0.485 e. The number of benzene rings is 2. The fourth-order valence-corrected chi connectivity index (χ4v) is 6.22. The number of fused-ring (bicyclic) bond motifs is 2. The fraction of sp³-hybridized carbons (Fsp3) is 0.387. The predicted molar refractivity (Wildman–Crippen MR) is 153 cm³/mol. The van der Waals surface area contributed by atoms with Crippen LogP contribution in [0.15, 0.2) is 48.5 Å². The average molecular weight is 593 g/mol. The maximum absolute atomic E-state index is 14.7. The van der Waals surface area contributed by atoms with E-state index in [0.717, 1.165) is 50.3 Å². The van der Waals surface area contributed by atoms with Crippen LogP contribution in [-0.2, 0) is 17.8 Å². The summed E-state index contributed by atoms with van der Waals surface area (Å²) in [7, 11) is 0. The summed E-state index contributed by atoms with van der Waals surface area (Å²) in [6.07, 6.45) is 2.31. The van der Waals surface area contributed by atoms with Crippen LogP contribution in [0.3, 0.4) is 0 Å². The molecule has 9 nitrogen and oxygen atoms in total. The Labute approximate surface area is 246 Å². The van der Waals surface area contributed by atoms with Gasteiger partial charge < -0.3 is 23.9 Å². The van der Waals surface area contributed by atoms with E-state index in [1.807, 2.05) is 16.7 Å². The van der Waals surface area contributed by atoms with Gasteiger partial charge in [0.25, 0.3) is 0 Å². The van der Waals surface area contributed by atoms with E-state index in [0.29, 0.717) is 46.3 Å². The summed E-state index contributed by atoms with van der Waals surface area (Å²) in [4.78, 5) is 23.2. The Balaban J connectivity index is 1.07. The number of aromatic carboxylic acids is 1. The minimum absolute atomic E-state index is 0.00368. The van der Waals surface area contributed by atoms with Gasteiger partial charge in [0.2, 0.25) is 0 Å². The van der Waals surface area contributed by atoms with Crippen molar-refractivity contribution in [3.63, 3.8) is 0 Å². The molecule has 11 heteroatoms. The number of pyridine rings is 1. The van der Waals surface area contributed by atoms with Crippen molar-refractivity contribution in [3.8, 4) is 11.5 Å². The van der Waals surface area contributed by atoms with Gasteiger partial charge in [0.05, 0.1) is 19.2 Å². The molecule has 2 atom stereocenters. The number of hydrogen-bond acceptors (Lipinski definition) is 7. The molecule has 0 spiro atoms. The molecule has 218 valence electrons. The lowest BCUT2D eigenvalue weighted by Gasteiger charge is -2.35. The smallest absolute Gasteiger partial charge is 0.354 e. The Kier molecular flexibility index (Phi) is 7.21. The second-order valence-electron chi connectivity index (χ2n) is 11.1. The summed E-state index contributed by atoms with van der Waals surface area (Å²) < 4.78 is 34.8. The van der Waals surface area contributed by atoms with Crippen LogP contribution < -0.4 is 9.47 Å². The number of nitrogens with zero attached hydrogens (tertiary/aromatic N) is 4. The number of para-hydroxylation sites is 1. The molecule has 42 heavy (non-hydrogen) atoms. The van der Waals surface area contributed by atoms with Crippen LogP contribution >= 0.6 is 11.6 Å². The summed E-state index contributed by atoms with van der Waals surface area (Å²) in [5.74, 6) is 1.01. The van der Waals surface area contributed by atoms with Crippen molar-refractivity contribution >= 4 is 28.7 Å². The molecule has 3 aliphatic rings. The number of ether oxygens (including phenoxy) is 3. The van der Waals surface area contributed by atoms with E-state index in [1.165, 1.54) is 12.1 Å². The summed E-state index contributed by atoms with van der Waals surface area (Å²) >= 11 is 5.95. The van der Waals surface area contributed by atoms with E-state index in [-0.39, 0.29) is 24.3 Å². The molecule has 1 N–H and O–H groups in total. The third-order valence-electron chi connectivity index (χ3n) is 8.43. The van der Waals surface area contributed by atoms with E-state index in [2.05, 4.69) is 16.0 Å². The first-order valence-corrected chi connectivity index (χ1v) is 14.6. The topological polar surface area (TPSA) is 98.9 Å². The fourth-order valence-electron chi connectivity index (χ4n) is 6.07. The molecule has 1 unspecified atom stereocenters. The lowest BCUT2D eigenvalue weighted by atomic mass is 9.88. The van der Waals surface area contributed by atoms with Crippen LogP contribution in [-0.4, -0.2) is 62.9 Å². The number of halogens is 2. The molecule has 2 fully saturated rings. The van der Waals surface area contributed by atoms with E-state index >= 15 is 0 Å². The van der Waals surface area contributed by atoms with Crippen LogP contribution in [0.1, 0.15) is 58.7 Å². The van der Waals surface area contributed by atoms with Gasteiger partial charge in [0.15, 0.2) is 28.9 Å². The van der Waals surface area contributed by atoms with Crippen LogP contribution in [0.5, 0.6) is 11.5 Å². The highest BCUT2D eigenvalue weighted by Crippen LogP contribution is 2.45. The van der Waals surface area contributed by atoms with E-state index in [4.69, 9.17) is 30.8 Å². The maximum atomic E-state index is 14.7. The van der Waals surface area contributed by atoms with E-state index in [1.54, 1.807) is 18.2 Å². The first-order valence-electron chi connectivity index (χ1n) is 14.2. The van der Waals surface area contributed by atoms with Crippen molar-refractivity contribution in [2.75, 3.05) is 26.3 Å². The first-order chi connectivity index (χ1) is 20.4. The third-order valence-corrected chi connectivity index (χ3v) is 8.67. The molecule has 2 aromatic heterocycles. The highest BCUT2D eigenvalue weighted by atomic mass is 35.5. The second-order valence-corrected chi connectivity index (χ2v) is 11.5. The molecule has 0 bridgehead atoms. The van der Waals surface area contributed by atoms with Crippen molar-refractivity contribution in [2.45, 2.75) is 50.5 Å². The minimum atomic E-state index is -1.06. The number of imidazole rings is 1. The quantitative estimate of drug-likeness (QED) is 0.296. The SMILES string of the molecule is O=C(O)c1ccc2nc(CN3CCC(c4cccc5c4O[C@H](c4ccc(Cl)cc4F)CO5)CC3)n(CC3CCO3)c2n1. The van der Waals surface area contributed by atoms with Crippen molar-refractivity contribution in [1.29, 1.82) is 0 Å². The van der Waals surface area contributed by atoms with Gasteiger partial charge in [-0.15, -0.1) is 0 Å². The zero-order valence-electron chi connectivity index (χ0n) is 22.8. The molecule has 0 aliphatic carbocycles. The summed E-state index contributed by atoms with van der Waals surface area (Å²) in [6.45, 7) is 3.89. The molecule has 3 aliphatic heterocycles. The van der Waals surface area contributed by atoms with Crippen LogP contribution in [0, 0.1) is 5.82 Å². The molecule has 2 aromatic carbocycles. The van der Waals surface area contributed by atoms with E-state index in [9.17, 15) is 14.3 Å². The Hall–Kier alpha value is -3.73. The van der Waals surface area contributed by atoms with Gasteiger partial charge in [-0.3, -0.25) is 4.90 Å². The van der Waals surface area contributed by atoms with Crippen molar-refractivity contribution < 1.29 is 28.5 Å². The summed E-state index contributed by atoms with van der Waals surface area (Å²) in [5.41, 5.74) is 2.77. The van der Waals surface area contributed by atoms with Gasteiger partial charge in [-0.05, 0) is 68.6 Å². The van der Waals surface area contributed by atoms with Crippen LogP contribution in [0.2, 0.25) is 5.02 Å².